The molecule has 0 saturated carbocycles. The van der Waals surface area contributed by atoms with Crippen molar-refractivity contribution in [2.45, 2.75) is 45.3 Å². The summed E-state index contributed by atoms with van der Waals surface area (Å²) in [6, 6.07) is 9.13. The fourth-order valence-corrected chi connectivity index (χ4v) is 2.42. The molecule has 1 fully saturated rings. The topological polar surface area (TPSA) is 62.6 Å². The second kappa shape index (κ2) is 6.69. The third-order valence-electron chi connectivity index (χ3n) is 3.41. The number of carbonyl (C=O) groups excluding carboxylic acids is 1. The Morgan fingerprint density at radius 1 is 1.45 bits per heavy atom. The molecule has 0 radical (unpaired) electrons. The highest BCUT2D eigenvalue weighted by Gasteiger charge is 2.32. The van der Waals surface area contributed by atoms with Crippen LogP contribution in [0.1, 0.15) is 39.2 Å². The average molecular weight is 302 g/mol. The molecule has 5 heteroatoms. The van der Waals surface area contributed by atoms with E-state index in [1.165, 1.54) is 0 Å². The summed E-state index contributed by atoms with van der Waals surface area (Å²) in [6.45, 7) is 6.69. The number of rotatable bonds is 3. The molecule has 1 atom stereocenters. The van der Waals surface area contributed by atoms with Gasteiger partial charge in [0.2, 0.25) is 0 Å². The molecule has 0 aliphatic carbocycles. The lowest BCUT2D eigenvalue weighted by Gasteiger charge is -2.28. The van der Waals surface area contributed by atoms with Gasteiger partial charge in [0.15, 0.2) is 0 Å². The molecule has 0 N–H and O–H groups in total. The summed E-state index contributed by atoms with van der Waals surface area (Å²) in [5, 5.41) is 8.89. The number of nitrogens with zero attached hydrogens (tertiary/aromatic N) is 2. The summed E-state index contributed by atoms with van der Waals surface area (Å²) in [5.41, 5.74) is 0.0690. The van der Waals surface area contributed by atoms with Crippen molar-refractivity contribution in [1.82, 2.24) is 4.90 Å². The number of nitriles is 1. The monoisotopic (exact) mass is 302 g/mol. The van der Waals surface area contributed by atoms with E-state index in [1.54, 1.807) is 23.1 Å². The van der Waals surface area contributed by atoms with Gasteiger partial charge in [-0.05, 0) is 51.8 Å². The molecule has 0 aromatic heterocycles. The van der Waals surface area contributed by atoms with Gasteiger partial charge in [-0.25, -0.2) is 4.79 Å². The van der Waals surface area contributed by atoms with E-state index in [0.29, 0.717) is 24.5 Å². The van der Waals surface area contributed by atoms with E-state index in [-0.39, 0.29) is 12.1 Å². The Bertz CT molecular complexity index is 572. The van der Waals surface area contributed by atoms with Gasteiger partial charge in [0, 0.05) is 6.54 Å². The Kier molecular flexibility index (Phi) is 4.92. The summed E-state index contributed by atoms with van der Waals surface area (Å²) in [5.74, 6) is 0.648. The van der Waals surface area contributed by atoms with E-state index < -0.39 is 5.60 Å². The Hall–Kier alpha value is -2.22. The second-order valence-electron chi connectivity index (χ2n) is 6.42. The first kappa shape index (κ1) is 16.2. The Labute approximate surface area is 131 Å². The third kappa shape index (κ3) is 4.39. The molecule has 1 aromatic carbocycles. The lowest BCUT2D eigenvalue weighted by molar-refractivity contribution is 0.0187. The normalized spacial score (nSPS) is 17.9. The van der Waals surface area contributed by atoms with Gasteiger partial charge in [-0.2, -0.15) is 5.26 Å². The van der Waals surface area contributed by atoms with Crippen molar-refractivity contribution >= 4 is 6.09 Å². The minimum absolute atomic E-state index is 0.0144. The van der Waals surface area contributed by atoms with Gasteiger partial charge in [0.05, 0.1) is 17.7 Å². The predicted octanol–water partition coefficient (Wildman–Crippen LogP) is 3.34. The summed E-state index contributed by atoms with van der Waals surface area (Å²) >= 11 is 0. The molecule has 1 aromatic rings. The van der Waals surface area contributed by atoms with Crippen LogP contribution in [0.4, 0.5) is 4.79 Å². The van der Waals surface area contributed by atoms with Crippen LogP contribution in [0.5, 0.6) is 5.75 Å². The first-order chi connectivity index (χ1) is 10.4. The van der Waals surface area contributed by atoms with Crippen LogP contribution in [0.2, 0.25) is 0 Å². The first-order valence-electron chi connectivity index (χ1n) is 7.51. The SMILES string of the molecule is CC(C)(C)OC(=O)N1CCCC1COc1cccc(C#N)c1. The van der Waals surface area contributed by atoms with E-state index in [1.807, 2.05) is 26.8 Å². The molecule has 22 heavy (non-hydrogen) atoms. The number of likely N-dealkylation sites (tertiary alicyclic amines) is 1. The van der Waals surface area contributed by atoms with Gasteiger partial charge in [0.25, 0.3) is 0 Å². The van der Waals surface area contributed by atoms with Gasteiger partial charge >= 0.3 is 6.09 Å². The molecular formula is C17H22N2O3. The van der Waals surface area contributed by atoms with Crippen LogP contribution in [0.3, 0.4) is 0 Å². The van der Waals surface area contributed by atoms with Crippen LogP contribution in [0.25, 0.3) is 0 Å². The van der Waals surface area contributed by atoms with E-state index in [9.17, 15) is 4.79 Å². The summed E-state index contributed by atoms with van der Waals surface area (Å²) in [6.07, 6.45) is 1.56. The third-order valence-corrected chi connectivity index (χ3v) is 3.41. The van der Waals surface area contributed by atoms with Crippen LogP contribution in [-0.4, -0.2) is 35.8 Å². The highest BCUT2D eigenvalue weighted by atomic mass is 16.6. The molecule has 5 nitrogen and oxygen atoms in total. The molecule has 1 unspecified atom stereocenters. The minimum Gasteiger partial charge on any atom is -0.491 e. The van der Waals surface area contributed by atoms with Crippen molar-refractivity contribution in [2.24, 2.45) is 0 Å². The van der Waals surface area contributed by atoms with Crippen molar-refractivity contribution < 1.29 is 14.3 Å². The first-order valence-corrected chi connectivity index (χ1v) is 7.51. The largest absolute Gasteiger partial charge is 0.491 e. The molecule has 1 aliphatic heterocycles. The molecular weight excluding hydrogens is 280 g/mol. The van der Waals surface area contributed by atoms with Crippen molar-refractivity contribution in [2.75, 3.05) is 13.2 Å². The van der Waals surface area contributed by atoms with Crippen molar-refractivity contribution in [1.29, 1.82) is 5.26 Å². The van der Waals surface area contributed by atoms with Gasteiger partial charge in [0.1, 0.15) is 18.0 Å². The Balaban J connectivity index is 1.94. The zero-order chi connectivity index (χ0) is 16.2. The fourth-order valence-electron chi connectivity index (χ4n) is 2.42. The van der Waals surface area contributed by atoms with Crippen molar-refractivity contribution in [3.63, 3.8) is 0 Å². The van der Waals surface area contributed by atoms with Crippen LogP contribution in [-0.2, 0) is 4.74 Å². The predicted molar refractivity (Wildman–Crippen MR) is 82.6 cm³/mol. The lowest BCUT2D eigenvalue weighted by atomic mass is 10.2. The van der Waals surface area contributed by atoms with E-state index in [2.05, 4.69) is 6.07 Å². The van der Waals surface area contributed by atoms with Crippen LogP contribution in [0, 0.1) is 11.3 Å². The number of ether oxygens (including phenoxy) is 2. The summed E-state index contributed by atoms with van der Waals surface area (Å²) < 4.78 is 11.2. The van der Waals surface area contributed by atoms with E-state index in [4.69, 9.17) is 14.7 Å². The average Bonchev–Trinajstić information content (AvgIpc) is 2.92. The number of benzene rings is 1. The summed E-state index contributed by atoms with van der Waals surface area (Å²) in [7, 11) is 0. The highest BCUT2D eigenvalue weighted by Crippen LogP contribution is 2.22. The number of amides is 1. The standard InChI is InChI=1S/C17H22N2O3/c1-17(2,3)22-16(20)19-9-5-7-14(19)12-21-15-8-4-6-13(10-15)11-18/h4,6,8,10,14H,5,7,9,12H2,1-3H3. The zero-order valence-corrected chi connectivity index (χ0v) is 13.3. The highest BCUT2D eigenvalue weighted by molar-refractivity contribution is 5.69. The molecule has 2 rings (SSSR count). The quantitative estimate of drug-likeness (QED) is 0.859. The zero-order valence-electron chi connectivity index (χ0n) is 13.3. The minimum atomic E-state index is -0.494. The second-order valence-corrected chi connectivity index (χ2v) is 6.42. The molecule has 0 spiro atoms. The Morgan fingerprint density at radius 2 is 2.23 bits per heavy atom. The Morgan fingerprint density at radius 3 is 2.91 bits per heavy atom. The number of carbonyl (C=O) groups is 1. The van der Waals surface area contributed by atoms with Crippen LogP contribution >= 0.6 is 0 Å². The number of hydrogen-bond donors (Lipinski definition) is 0. The van der Waals surface area contributed by atoms with E-state index in [0.717, 1.165) is 12.8 Å². The maximum Gasteiger partial charge on any atom is 0.410 e. The summed E-state index contributed by atoms with van der Waals surface area (Å²) in [4.78, 5) is 13.9. The van der Waals surface area contributed by atoms with Gasteiger partial charge in [-0.15, -0.1) is 0 Å². The molecule has 118 valence electrons. The fraction of sp³-hybridized carbons (Fsp3) is 0.529. The lowest BCUT2D eigenvalue weighted by Crippen LogP contribution is -2.42. The molecule has 0 bridgehead atoms. The smallest absolute Gasteiger partial charge is 0.410 e. The molecule has 1 aliphatic rings. The molecule has 1 amide bonds. The maximum atomic E-state index is 12.2. The molecule has 1 heterocycles. The van der Waals surface area contributed by atoms with Gasteiger partial charge < -0.3 is 14.4 Å². The van der Waals surface area contributed by atoms with Crippen molar-refractivity contribution in [3.05, 3.63) is 29.8 Å². The number of hydrogen-bond acceptors (Lipinski definition) is 4. The van der Waals surface area contributed by atoms with Crippen molar-refractivity contribution in [3.8, 4) is 11.8 Å². The van der Waals surface area contributed by atoms with Gasteiger partial charge in [-0.1, -0.05) is 6.07 Å². The van der Waals surface area contributed by atoms with Crippen LogP contribution in [0.15, 0.2) is 24.3 Å². The molecule has 1 saturated heterocycles. The van der Waals surface area contributed by atoms with E-state index >= 15 is 0 Å². The van der Waals surface area contributed by atoms with Gasteiger partial charge in [-0.3, -0.25) is 0 Å². The maximum absolute atomic E-state index is 12.2. The van der Waals surface area contributed by atoms with Crippen LogP contribution < -0.4 is 4.74 Å².